The lowest BCUT2D eigenvalue weighted by molar-refractivity contribution is 0.368. The smallest absolute Gasteiger partial charge is 0.324 e. The van der Waals surface area contributed by atoms with Crippen LogP contribution in [0.5, 0.6) is 0 Å². The zero-order chi connectivity index (χ0) is 41.1. The molecule has 0 aliphatic heterocycles. The maximum atomic E-state index is 7.23. The first-order chi connectivity index (χ1) is 24.3. The van der Waals surface area contributed by atoms with Crippen molar-refractivity contribution in [1.29, 1.82) is 0 Å². The third kappa shape index (κ3) is 9.65. The van der Waals surface area contributed by atoms with Gasteiger partial charge in [0.1, 0.15) is 0 Å². The van der Waals surface area contributed by atoms with E-state index < -0.39 is 8.60 Å². The van der Waals surface area contributed by atoms with Crippen LogP contribution in [0.3, 0.4) is 0 Å². The van der Waals surface area contributed by atoms with Crippen LogP contribution in [-0.2, 0) is 32.5 Å². The lowest BCUT2D eigenvalue weighted by Crippen LogP contribution is -2.18. The molecular weight excluding hydrogens is 680 g/mol. The Morgan fingerprint density at radius 3 is 0.852 bits per heavy atom. The van der Waals surface area contributed by atoms with E-state index in [2.05, 4.69) is 197 Å². The van der Waals surface area contributed by atoms with Gasteiger partial charge in [-0.25, -0.2) is 0 Å². The molecule has 54 heavy (non-hydrogen) atoms. The maximum absolute atomic E-state index is 7.23. The Morgan fingerprint density at radius 1 is 0.333 bits per heavy atom. The molecule has 5 rings (SSSR count). The van der Waals surface area contributed by atoms with Crippen LogP contribution >= 0.6 is 8.60 Å². The molecule has 0 heterocycles. The van der Waals surface area contributed by atoms with E-state index in [1.54, 1.807) is 0 Å². The first-order valence-corrected chi connectivity index (χ1v) is 20.7. The Labute approximate surface area is 329 Å². The van der Waals surface area contributed by atoms with Crippen molar-refractivity contribution in [2.75, 3.05) is 0 Å². The van der Waals surface area contributed by atoms with Gasteiger partial charge in [0.2, 0.25) is 0 Å². The highest BCUT2D eigenvalue weighted by molar-refractivity contribution is 7.38. The van der Waals surface area contributed by atoms with Crippen LogP contribution in [0.25, 0.3) is 43.8 Å². The van der Waals surface area contributed by atoms with Crippen LogP contribution in [0.15, 0.2) is 72.8 Å². The van der Waals surface area contributed by atoms with Crippen molar-refractivity contribution in [3.05, 3.63) is 106 Å². The number of fused-ring (bicyclic) bond motifs is 2. The molecule has 0 saturated heterocycles. The summed E-state index contributed by atoms with van der Waals surface area (Å²) >= 11 is 0. The van der Waals surface area contributed by atoms with Crippen LogP contribution in [-0.4, -0.2) is 14.7 Å². The highest BCUT2D eigenvalue weighted by atomic mass is 31.2. The highest BCUT2D eigenvalue weighted by Crippen LogP contribution is 2.47. The van der Waals surface area contributed by atoms with Gasteiger partial charge in [0.25, 0.3) is 0 Å². The summed E-state index contributed by atoms with van der Waals surface area (Å²) in [5.74, 6) is 0. The van der Waals surface area contributed by atoms with Crippen molar-refractivity contribution in [2.24, 2.45) is 0 Å². The molecule has 0 saturated carbocycles. The molecule has 3 nitrogen and oxygen atoms in total. The molecule has 292 valence electrons. The fraction of sp³-hybridized carbons (Fsp3) is 0.480. The molecule has 0 aliphatic carbocycles. The van der Waals surface area contributed by atoms with Crippen molar-refractivity contribution in [3.8, 4) is 22.3 Å². The number of rotatable bonds is 2. The quantitative estimate of drug-likeness (QED) is 0.158. The minimum atomic E-state index is -2.62. The average molecular weight is 749 g/mol. The predicted octanol–water partition coefficient (Wildman–Crippen LogP) is 14.3. The summed E-state index contributed by atoms with van der Waals surface area (Å²) < 4.78 is 0. The average Bonchev–Trinajstić information content (AvgIpc) is 2.99. The van der Waals surface area contributed by atoms with Crippen molar-refractivity contribution >= 4 is 30.1 Å². The first kappa shape index (κ1) is 43.7. The van der Waals surface area contributed by atoms with Crippen LogP contribution in [0.4, 0.5) is 0 Å². The second-order valence-corrected chi connectivity index (χ2v) is 22.1. The molecule has 0 unspecified atom stereocenters. The minimum Gasteiger partial charge on any atom is -0.328 e. The molecule has 0 bridgehead atoms. The summed E-state index contributed by atoms with van der Waals surface area (Å²) in [6.45, 7) is 42.4. The summed E-state index contributed by atoms with van der Waals surface area (Å²) in [6.07, 6.45) is 0. The molecule has 5 aromatic carbocycles. The van der Waals surface area contributed by atoms with Gasteiger partial charge in [-0.05, 0) is 134 Å². The fourth-order valence-corrected chi connectivity index (χ4v) is 7.57. The van der Waals surface area contributed by atoms with Gasteiger partial charge in [0.05, 0.1) is 0 Å². The van der Waals surface area contributed by atoms with Crippen molar-refractivity contribution in [3.63, 3.8) is 0 Å². The van der Waals surface area contributed by atoms with Gasteiger partial charge >= 0.3 is 8.60 Å². The van der Waals surface area contributed by atoms with Gasteiger partial charge in [-0.1, -0.05) is 173 Å². The Bertz CT molecular complexity index is 1990. The van der Waals surface area contributed by atoms with E-state index in [0.717, 1.165) is 0 Å². The molecule has 4 heteroatoms. The van der Waals surface area contributed by atoms with Gasteiger partial charge in [-0.15, -0.1) is 0 Å². The lowest BCUT2D eigenvalue weighted by atomic mass is 9.73. The highest BCUT2D eigenvalue weighted by Gasteiger charge is 2.29. The third-order valence-corrected chi connectivity index (χ3v) is 10.7. The van der Waals surface area contributed by atoms with E-state index in [-0.39, 0.29) is 32.5 Å². The molecule has 0 atom stereocenters. The monoisotopic (exact) mass is 748 g/mol. The number of benzene rings is 5. The van der Waals surface area contributed by atoms with E-state index in [1.807, 2.05) is 0 Å². The summed E-state index contributed by atoms with van der Waals surface area (Å²) in [5.41, 5.74) is 13.8. The predicted molar refractivity (Wildman–Crippen MR) is 238 cm³/mol. The topological polar surface area (TPSA) is 60.7 Å². The number of hydrogen-bond donors (Lipinski definition) is 3. The second kappa shape index (κ2) is 14.8. The van der Waals surface area contributed by atoms with E-state index in [0.29, 0.717) is 0 Å². The molecule has 0 spiro atoms. The van der Waals surface area contributed by atoms with Gasteiger partial charge in [0, 0.05) is 0 Å². The Morgan fingerprint density at radius 2 is 0.611 bits per heavy atom. The molecule has 3 N–H and O–H groups in total. The van der Waals surface area contributed by atoms with Gasteiger partial charge in [-0.3, -0.25) is 0 Å². The Hall–Kier alpha value is -3.07. The summed E-state index contributed by atoms with van der Waals surface area (Å²) in [4.78, 5) is 21.7. The van der Waals surface area contributed by atoms with E-state index in [9.17, 15) is 0 Å². The largest absolute Gasteiger partial charge is 0.328 e. The molecule has 0 aliphatic rings. The fourth-order valence-electron chi connectivity index (χ4n) is 7.57. The standard InChI is InChI=1S/C50H66.H3O3P/c1-45(2,3)33-23-31-25-41(47(7,8)9)39(29-37(31)43(27-33)49(13,14)15)35-21-19-20-22-36(35)40-30-38-32(26-42(40)48(10,11)12)24-34(46(4,5)6)28-44(38)50(16,17)18;1-4(2)3/h19-30H,1-18H3;1-3H. The third-order valence-electron chi connectivity index (χ3n) is 10.7. The maximum Gasteiger partial charge on any atom is 0.324 e. The Kier molecular flexibility index (Phi) is 11.9. The lowest BCUT2D eigenvalue weighted by Gasteiger charge is -2.31. The molecule has 0 aromatic heterocycles. The van der Waals surface area contributed by atoms with Crippen LogP contribution in [0, 0.1) is 0 Å². The summed E-state index contributed by atoms with van der Waals surface area (Å²) in [6, 6.07) is 29.2. The van der Waals surface area contributed by atoms with Crippen LogP contribution < -0.4 is 0 Å². The van der Waals surface area contributed by atoms with Crippen LogP contribution in [0.1, 0.15) is 158 Å². The van der Waals surface area contributed by atoms with Crippen LogP contribution in [0.2, 0.25) is 0 Å². The summed E-state index contributed by atoms with van der Waals surface area (Å²) in [5, 5.41) is 5.42. The minimum absolute atomic E-state index is 0.00651. The van der Waals surface area contributed by atoms with E-state index in [4.69, 9.17) is 14.7 Å². The first-order valence-electron chi connectivity index (χ1n) is 19.5. The molecule has 0 radical (unpaired) electrons. The molecule has 0 amide bonds. The molecular formula is C50H69O3P. The normalized spacial score (nSPS) is 13.4. The summed E-state index contributed by atoms with van der Waals surface area (Å²) in [7, 11) is -2.62. The van der Waals surface area contributed by atoms with Gasteiger partial charge in [0.15, 0.2) is 0 Å². The Balaban J connectivity index is 0.00000155. The zero-order valence-electron chi connectivity index (χ0n) is 36.7. The van der Waals surface area contributed by atoms with Crippen molar-refractivity contribution in [2.45, 2.75) is 157 Å². The van der Waals surface area contributed by atoms with Gasteiger partial charge < -0.3 is 14.7 Å². The SMILES string of the molecule is CC(C)(C)c1cc(C(C)(C)C)c2cc(-c3ccccc3-c3cc4c(C(C)(C)C)cc(C(C)(C)C)cc4cc3C(C)(C)C)c(C(C)(C)C)cc2c1.OP(O)O. The molecule has 5 aromatic rings. The van der Waals surface area contributed by atoms with Gasteiger partial charge in [-0.2, -0.15) is 0 Å². The van der Waals surface area contributed by atoms with Crippen molar-refractivity contribution in [1.82, 2.24) is 0 Å². The van der Waals surface area contributed by atoms with E-state index >= 15 is 0 Å². The van der Waals surface area contributed by atoms with E-state index in [1.165, 1.54) is 77.2 Å². The number of hydrogen-bond acceptors (Lipinski definition) is 3. The van der Waals surface area contributed by atoms with Crippen molar-refractivity contribution < 1.29 is 14.7 Å². The second-order valence-electron chi connectivity index (χ2n) is 21.6. The molecule has 0 fully saturated rings. The zero-order valence-corrected chi connectivity index (χ0v) is 37.6.